The molecule has 28 heavy (non-hydrogen) atoms. The highest BCUT2D eigenvalue weighted by Crippen LogP contribution is 2.29. The van der Waals surface area contributed by atoms with Crippen molar-refractivity contribution >= 4 is 23.6 Å². The minimum absolute atomic E-state index is 0.181. The van der Waals surface area contributed by atoms with Gasteiger partial charge in [0.1, 0.15) is 0 Å². The van der Waals surface area contributed by atoms with Crippen LogP contribution in [0.1, 0.15) is 22.3 Å². The molecular weight excluding hydrogens is 369 g/mol. The summed E-state index contributed by atoms with van der Waals surface area (Å²) in [4.78, 5) is 25.5. The minimum Gasteiger partial charge on any atom is -0.333 e. The Hall–Kier alpha value is -3.09. The Labute approximate surface area is 161 Å². The Bertz CT molecular complexity index is 905. The third-order valence-electron chi connectivity index (χ3n) is 4.06. The quantitative estimate of drug-likeness (QED) is 0.768. The second-order valence-corrected chi connectivity index (χ2v) is 6.52. The largest absolute Gasteiger partial charge is 0.416 e. The summed E-state index contributed by atoms with van der Waals surface area (Å²) in [5, 5.41) is 2.75. The molecule has 1 N–H and O–H groups in total. The fraction of sp³-hybridized carbons (Fsp3) is 0.238. The highest BCUT2D eigenvalue weighted by molar-refractivity contribution is 5.98. The van der Waals surface area contributed by atoms with Crippen molar-refractivity contribution in [1.29, 1.82) is 0 Å². The van der Waals surface area contributed by atoms with E-state index >= 15 is 0 Å². The van der Waals surface area contributed by atoms with Crippen LogP contribution in [0.3, 0.4) is 0 Å². The first-order valence-electron chi connectivity index (χ1n) is 8.54. The van der Waals surface area contributed by atoms with Gasteiger partial charge in [0.2, 0.25) is 11.8 Å². The van der Waals surface area contributed by atoms with Gasteiger partial charge in [0.15, 0.2) is 0 Å². The van der Waals surface area contributed by atoms with E-state index in [1.165, 1.54) is 30.2 Å². The Morgan fingerprint density at radius 1 is 1.11 bits per heavy atom. The molecule has 2 amide bonds. The van der Waals surface area contributed by atoms with Crippen LogP contribution >= 0.6 is 0 Å². The first-order chi connectivity index (χ1) is 13.1. The van der Waals surface area contributed by atoms with Crippen LogP contribution in [0.5, 0.6) is 0 Å². The van der Waals surface area contributed by atoms with E-state index in [9.17, 15) is 22.8 Å². The lowest BCUT2D eigenvalue weighted by atomic mass is 10.1. The number of carbonyl (C=O) groups is 2. The minimum atomic E-state index is -4.45. The van der Waals surface area contributed by atoms with Gasteiger partial charge in [-0.15, -0.1) is 0 Å². The summed E-state index contributed by atoms with van der Waals surface area (Å²) in [6.07, 6.45) is -2.02. The highest BCUT2D eigenvalue weighted by Gasteiger charge is 2.30. The summed E-state index contributed by atoms with van der Waals surface area (Å²) in [5.41, 5.74) is 2.02. The fourth-order valence-electron chi connectivity index (χ4n) is 2.47. The number of nitrogens with one attached hydrogen (secondary N) is 1. The number of amides is 2. The summed E-state index contributed by atoms with van der Waals surface area (Å²) < 4.78 is 38.2. The molecule has 0 aliphatic heterocycles. The molecule has 0 aliphatic carbocycles. The SMILES string of the molecule is Cc1ccc(C)c(NC(=O)CN(C)C(=O)/C=C/c2cccc(C(F)(F)F)c2)c1. The van der Waals surface area contributed by atoms with Gasteiger partial charge < -0.3 is 10.2 Å². The van der Waals surface area contributed by atoms with Crippen LogP contribution in [0, 0.1) is 13.8 Å². The van der Waals surface area contributed by atoms with Gasteiger partial charge in [0.05, 0.1) is 12.1 Å². The Morgan fingerprint density at radius 3 is 2.50 bits per heavy atom. The molecule has 2 aromatic carbocycles. The molecule has 0 fully saturated rings. The van der Waals surface area contributed by atoms with Gasteiger partial charge in [-0.25, -0.2) is 0 Å². The first-order valence-corrected chi connectivity index (χ1v) is 8.54. The van der Waals surface area contributed by atoms with E-state index in [1.807, 2.05) is 32.0 Å². The summed E-state index contributed by atoms with van der Waals surface area (Å²) >= 11 is 0. The molecule has 0 aliphatic rings. The predicted octanol–water partition coefficient (Wildman–Crippen LogP) is 4.43. The monoisotopic (exact) mass is 390 g/mol. The topological polar surface area (TPSA) is 49.4 Å². The first kappa shape index (κ1) is 21.2. The summed E-state index contributed by atoms with van der Waals surface area (Å²) in [6.45, 7) is 3.59. The van der Waals surface area contributed by atoms with E-state index in [-0.39, 0.29) is 18.0 Å². The second kappa shape index (κ2) is 8.73. The number of alkyl halides is 3. The van der Waals surface area contributed by atoms with Crippen LogP contribution < -0.4 is 5.32 Å². The number of likely N-dealkylation sites (N-methyl/N-ethyl adjacent to an activating group) is 1. The number of anilines is 1. The molecule has 0 saturated heterocycles. The van der Waals surface area contributed by atoms with Gasteiger partial charge in [-0.1, -0.05) is 24.3 Å². The molecule has 148 valence electrons. The van der Waals surface area contributed by atoms with Gasteiger partial charge in [0.25, 0.3) is 0 Å². The molecule has 0 heterocycles. The van der Waals surface area contributed by atoms with Gasteiger partial charge in [-0.3, -0.25) is 9.59 Å². The number of carbonyl (C=O) groups excluding carboxylic acids is 2. The molecule has 0 unspecified atom stereocenters. The van der Waals surface area contributed by atoms with Crippen LogP contribution in [0.2, 0.25) is 0 Å². The molecular formula is C21H21F3N2O2. The molecule has 0 aromatic heterocycles. The Morgan fingerprint density at radius 2 is 1.82 bits per heavy atom. The number of benzene rings is 2. The number of hydrogen-bond acceptors (Lipinski definition) is 2. The number of hydrogen-bond donors (Lipinski definition) is 1. The molecule has 0 radical (unpaired) electrons. The van der Waals surface area contributed by atoms with E-state index < -0.39 is 17.6 Å². The third-order valence-corrected chi connectivity index (χ3v) is 4.06. The van der Waals surface area contributed by atoms with Crippen molar-refractivity contribution in [2.75, 3.05) is 18.9 Å². The molecule has 7 heteroatoms. The smallest absolute Gasteiger partial charge is 0.333 e. The lowest BCUT2D eigenvalue weighted by molar-refractivity contribution is -0.137. The van der Waals surface area contributed by atoms with Crippen LogP contribution in [0.4, 0.5) is 18.9 Å². The molecule has 2 rings (SSSR count). The number of halogens is 3. The molecule has 0 bridgehead atoms. The lowest BCUT2D eigenvalue weighted by Gasteiger charge is -2.16. The number of aryl methyl sites for hydroxylation is 2. The fourth-order valence-corrected chi connectivity index (χ4v) is 2.47. The highest BCUT2D eigenvalue weighted by atomic mass is 19.4. The zero-order chi connectivity index (χ0) is 20.9. The van der Waals surface area contributed by atoms with Gasteiger partial charge in [-0.2, -0.15) is 13.2 Å². The van der Waals surface area contributed by atoms with Crippen molar-refractivity contribution in [3.63, 3.8) is 0 Å². The summed E-state index contributed by atoms with van der Waals surface area (Å²) in [7, 11) is 1.45. The zero-order valence-electron chi connectivity index (χ0n) is 15.8. The Kier molecular flexibility index (Phi) is 6.62. The second-order valence-electron chi connectivity index (χ2n) is 6.52. The van der Waals surface area contributed by atoms with E-state index in [0.29, 0.717) is 5.69 Å². The molecule has 0 saturated carbocycles. The van der Waals surface area contributed by atoms with Crippen molar-refractivity contribution in [1.82, 2.24) is 4.90 Å². The third kappa shape index (κ3) is 5.97. The van der Waals surface area contributed by atoms with Crippen LogP contribution in [0.25, 0.3) is 6.08 Å². The number of nitrogens with zero attached hydrogens (tertiary/aromatic N) is 1. The maximum atomic E-state index is 12.7. The summed E-state index contributed by atoms with van der Waals surface area (Å²) in [5.74, 6) is -0.856. The summed E-state index contributed by atoms with van der Waals surface area (Å²) in [6, 6.07) is 10.3. The maximum Gasteiger partial charge on any atom is 0.416 e. The average Bonchev–Trinajstić information content (AvgIpc) is 2.62. The predicted molar refractivity (Wildman–Crippen MR) is 103 cm³/mol. The normalized spacial score (nSPS) is 11.5. The van der Waals surface area contributed by atoms with Crippen molar-refractivity contribution in [3.8, 4) is 0 Å². The van der Waals surface area contributed by atoms with Gasteiger partial charge in [-0.05, 0) is 54.8 Å². The molecule has 4 nitrogen and oxygen atoms in total. The molecule has 0 atom stereocenters. The molecule has 0 spiro atoms. The van der Waals surface area contributed by atoms with Crippen molar-refractivity contribution in [3.05, 3.63) is 70.8 Å². The van der Waals surface area contributed by atoms with Crippen molar-refractivity contribution < 1.29 is 22.8 Å². The van der Waals surface area contributed by atoms with Crippen LogP contribution in [-0.4, -0.2) is 30.3 Å². The average molecular weight is 390 g/mol. The number of rotatable bonds is 5. The van der Waals surface area contributed by atoms with Gasteiger partial charge >= 0.3 is 6.18 Å². The maximum absolute atomic E-state index is 12.7. The van der Waals surface area contributed by atoms with E-state index in [1.54, 1.807) is 0 Å². The van der Waals surface area contributed by atoms with Crippen LogP contribution in [-0.2, 0) is 15.8 Å². The zero-order valence-corrected chi connectivity index (χ0v) is 15.8. The molecule has 2 aromatic rings. The van der Waals surface area contributed by atoms with E-state index in [4.69, 9.17) is 0 Å². The van der Waals surface area contributed by atoms with Gasteiger partial charge in [0, 0.05) is 18.8 Å². The van der Waals surface area contributed by atoms with Crippen LogP contribution in [0.15, 0.2) is 48.5 Å². The van der Waals surface area contributed by atoms with E-state index in [2.05, 4.69) is 5.32 Å². The Balaban J connectivity index is 1.98. The lowest BCUT2D eigenvalue weighted by Crippen LogP contribution is -2.34. The van der Waals surface area contributed by atoms with Crippen molar-refractivity contribution in [2.45, 2.75) is 20.0 Å². The van der Waals surface area contributed by atoms with Crippen molar-refractivity contribution in [2.24, 2.45) is 0 Å². The van der Waals surface area contributed by atoms with E-state index in [0.717, 1.165) is 29.3 Å². The standard InChI is InChI=1S/C21H21F3N2O2/c1-14-7-8-15(2)18(11-14)25-19(27)13-26(3)20(28)10-9-16-5-4-6-17(12-16)21(22,23)24/h4-12H,13H2,1-3H3,(H,25,27)/b10-9+.